The zero-order valence-corrected chi connectivity index (χ0v) is 10.5. The normalized spacial score (nSPS) is 12.1. The number of rotatable bonds is 5. The SMILES string of the molecule is CC(O)CCNC(=O)c1ccc(-c2nnco2)cc1. The summed E-state index contributed by atoms with van der Waals surface area (Å²) >= 11 is 0. The molecule has 0 radical (unpaired) electrons. The molecule has 1 aromatic carbocycles. The molecule has 2 aromatic rings. The van der Waals surface area contributed by atoms with E-state index in [9.17, 15) is 4.79 Å². The molecule has 6 nitrogen and oxygen atoms in total. The van der Waals surface area contributed by atoms with Gasteiger partial charge in [-0.2, -0.15) is 0 Å². The fourth-order valence-electron chi connectivity index (χ4n) is 1.56. The van der Waals surface area contributed by atoms with Gasteiger partial charge in [0, 0.05) is 17.7 Å². The van der Waals surface area contributed by atoms with Crippen molar-refractivity contribution in [1.29, 1.82) is 0 Å². The van der Waals surface area contributed by atoms with E-state index >= 15 is 0 Å². The van der Waals surface area contributed by atoms with Gasteiger partial charge in [0.25, 0.3) is 5.91 Å². The van der Waals surface area contributed by atoms with Crippen molar-refractivity contribution in [2.45, 2.75) is 19.4 Å². The summed E-state index contributed by atoms with van der Waals surface area (Å²) < 4.78 is 5.06. The number of benzene rings is 1. The lowest BCUT2D eigenvalue weighted by molar-refractivity contribution is 0.0945. The van der Waals surface area contributed by atoms with Gasteiger partial charge >= 0.3 is 0 Å². The number of aliphatic hydroxyl groups is 1. The second-order valence-corrected chi connectivity index (χ2v) is 4.21. The topological polar surface area (TPSA) is 88.2 Å². The first kappa shape index (κ1) is 13.2. The predicted molar refractivity (Wildman–Crippen MR) is 68.4 cm³/mol. The van der Waals surface area contributed by atoms with Gasteiger partial charge in [-0.15, -0.1) is 10.2 Å². The summed E-state index contributed by atoms with van der Waals surface area (Å²) in [5.74, 6) is 0.249. The molecule has 0 bridgehead atoms. The summed E-state index contributed by atoms with van der Waals surface area (Å²) in [5.41, 5.74) is 1.31. The van der Waals surface area contributed by atoms with Crippen LogP contribution in [0.5, 0.6) is 0 Å². The van der Waals surface area contributed by atoms with Crippen molar-refractivity contribution in [3.05, 3.63) is 36.2 Å². The van der Waals surface area contributed by atoms with Crippen LogP contribution in [0.25, 0.3) is 11.5 Å². The van der Waals surface area contributed by atoms with Crippen LogP contribution in [-0.2, 0) is 0 Å². The predicted octanol–water partition coefficient (Wildman–Crippen LogP) is 1.24. The van der Waals surface area contributed by atoms with Gasteiger partial charge in [0.1, 0.15) is 0 Å². The molecule has 1 aromatic heterocycles. The first-order valence-corrected chi connectivity index (χ1v) is 5.99. The highest BCUT2D eigenvalue weighted by Crippen LogP contribution is 2.16. The largest absolute Gasteiger partial charge is 0.423 e. The van der Waals surface area contributed by atoms with E-state index < -0.39 is 6.10 Å². The standard InChI is InChI=1S/C13H15N3O3/c1-9(17)6-7-14-12(18)10-2-4-11(5-3-10)13-16-15-8-19-13/h2-5,8-9,17H,6-7H2,1H3,(H,14,18). The van der Waals surface area contributed by atoms with Gasteiger partial charge in [-0.25, -0.2) is 0 Å². The molecule has 2 rings (SSSR count). The van der Waals surface area contributed by atoms with Crippen LogP contribution in [0.15, 0.2) is 35.1 Å². The maximum atomic E-state index is 11.8. The highest BCUT2D eigenvalue weighted by atomic mass is 16.4. The maximum Gasteiger partial charge on any atom is 0.251 e. The molecule has 0 aliphatic heterocycles. The first-order valence-electron chi connectivity index (χ1n) is 5.99. The number of hydrogen-bond donors (Lipinski definition) is 2. The third-order valence-electron chi connectivity index (χ3n) is 2.60. The summed E-state index contributed by atoms with van der Waals surface area (Å²) in [6.07, 6.45) is 1.37. The van der Waals surface area contributed by atoms with Crippen LogP contribution in [0.4, 0.5) is 0 Å². The Morgan fingerprint density at radius 3 is 2.74 bits per heavy atom. The minimum Gasteiger partial charge on any atom is -0.423 e. The van der Waals surface area contributed by atoms with Gasteiger partial charge in [0.15, 0.2) is 0 Å². The molecule has 0 spiro atoms. The van der Waals surface area contributed by atoms with E-state index in [1.807, 2.05) is 0 Å². The molecule has 0 fully saturated rings. The van der Waals surface area contributed by atoms with Crippen molar-refractivity contribution in [2.24, 2.45) is 0 Å². The number of nitrogens with one attached hydrogen (secondary N) is 1. The minimum atomic E-state index is -0.416. The van der Waals surface area contributed by atoms with Crippen molar-refractivity contribution < 1.29 is 14.3 Å². The van der Waals surface area contributed by atoms with Crippen LogP contribution in [-0.4, -0.2) is 33.9 Å². The fraction of sp³-hybridized carbons (Fsp3) is 0.308. The van der Waals surface area contributed by atoms with Crippen LogP contribution < -0.4 is 5.32 Å². The van der Waals surface area contributed by atoms with Gasteiger partial charge in [-0.05, 0) is 37.6 Å². The monoisotopic (exact) mass is 261 g/mol. The Bertz CT molecular complexity index is 521. The molecule has 1 atom stereocenters. The van der Waals surface area contributed by atoms with E-state index in [-0.39, 0.29) is 5.91 Å². The van der Waals surface area contributed by atoms with Crippen molar-refractivity contribution in [3.63, 3.8) is 0 Å². The van der Waals surface area contributed by atoms with Gasteiger partial charge in [-0.1, -0.05) is 0 Å². The van der Waals surface area contributed by atoms with Crippen LogP contribution in [0, 0.1) is 0 Å². The lowest BCUT2D eigenvalue weighted by atomic mass is 10.1. The summed E-state index contributed by atoms with van der Waals surface area (Å²) in [6.45, 7) is 2.13. The Balaban J connectivity index is 1.96. The average molecular weight is 261 g/mol. The highest BCUT2D eigenvalue weighted by molar-refractivity contribution is 5.94. The van der Waals surface area contributed by atoms with E-state index in [1.54, 1.807) is 31.2 Å². The first-order chi connectivity index (χ1) is 9.16. The molecule has 0 aliphatic rings. The van der Waals surface area contributed by atoms with Gasteiger partial charge in [0.05, 0.1) is 6.10 Å². The number of amides is 1. The summed E-state index contributed by atoms with van der Waals surface area (Å²) in [6, 6.07) is 6.88. The smallest absolute Gasteiger partial charge is 0.251 e. The Morgan fingerprint density at radius 1 is 1.42 bits per heavy atom. The van der Waals surface area contributed by atoms with Crippen LogP contribution >= 0.6 is 0 Å². The lowest BCUT2D eigenvalue weighted by Gasteiger charge is -2.06. The Kier molecular flexibility index (Phi) is 4.25. The molecule has 1 heterocycles. The quantitative estimate of drug-likeness (QED) is 0.845. The summed E-state index contributed by atoms with van der Waals surface area (Å²) in [5, 5.41) is 19.2. The van der Waals surface area contributed by atoms with Gasteiger partial charge in [0.2, 0.25) is 12.3 Å². The molecular weight excluding hydrogens is 246 g/mol. The average Bonchev–Trinajstić information content (AvgIpc) is 2.92. The Hall–Kier alpha value is -2.21. The van der Waals surface area contributed by atoms with Crippen molar-refractivity contribution in [3.8, 4) is 11.5 Å². The number of nitrogens with zero attached hydrogens (tertiary/aromatic N) is 2. The number of aromatic nitrogens is 2. The van der Waals surface area contributed by atoms with E-state index in [0.29, 0.717) is 24.4 Å². The molecule has 19 heavy (non-hydrogen) atoms. The highest BCUT2D eigenvalue weighted by Gasteiger charge is 2.08. The molecular formula is C13H15N3O3. The summed E-state index contributed by atoms with van der Waals surface area (Å²) in [7, 11) is 0. The van der Waals surface area contributed by atoms with Crippen LogP contribution in [0.2, 0.25) is 0 Å². The number of carbonyl (C=O) groups is 1. The molecule has 100 valence electrons. The minimum absolute atomic E-state index is 0.169. The second kappa shape index (κ2) is 6.10. The van der Waals surface area contributed by atoms with Gasteiger partial charge < -0.3 is 14.8 Å². The zero-order chi connectivity index (χ0) is 13.7. The third-order valence-corrected chi connectivity index (χ3v) is 2.60. The van der Waals surface area contributed by atoms with E-state index in [2.05, 4.69) is 15.5 Å². The second-order valence-electron chi connectivity index (χ2n) is 4.21. The van der Waals surface area contributed by atoms with Gasteiger partial charge in [-0.3, -0.25) is 4.79 Å². The molecule has 6 heteroatoms. The lowest BCUT2D eigenvalue weighted by Crippen LogP contribution is -2.26. The van der Waals surface area contributed by atoms with Crippen molar-refractivity contribution in [1.82, 2.24) is 15.5 Å². The molecule has 2 N–H and O–H groups in total. The van der Waals surface area contributed by atoms with Crippen LogP contribution in [0.3, 0.4) is 0 Å². The maximum absolute atomic E-state index is 11.8. The van der Waals surface area contributed by atoms with Crippen molar-refractivity contribution >= 4 is 5.91 Å². The number of carbonyl (C=O) groups excluding carboxylic acids is 1. The Labute approximate surface area is 110 Å². The molecule has 1 unspecified atom stereocenters. The van der Waals surface area contributed by atoms with E-state index in [4.69, 9.17) is 9.52 Å². The number of aliphatic hydroxyl groups excluding tert-OH is 1. The van der Waals surface area contributed by atoms with Crippen LogP contribution in [0.1, 0.15) is 23.7 Å². The van der Waals surface area contributed by atoms with E-state index in [0.717, 1.165) is 5.56 Å². The molecule has 0 aliphatic carbocycles. The molecule has 0 saturated heterocycles. The molecule has 0 saturated carbocycles. The number of hydrogen-bond acceptors (Lipinski definition) is 5. The van der Waals surface area contributed by atoms with Crippen molar-refractivity contribution in [2.75, 3.05) is 6.54 Å². The summed E-state index contributed by atoms with van der Waals surface area (Å²) in [4.78, 5) is 11.8. The zero-order valence-electron chi connectivity index (χ0n) is 10.5. The van der Waals surface area contributed by atoms with E-state index in [1.165, 1.54) is 6.39 Å². The molecule has 1 amide bonds. The fourth-order valence-corrected chi connectivity index (χ4v) is 1.56. The Morgan fingerprint density at radius 2 is 2.16 bits per heavy atom. The third kappa shape index (κ3) is 3.62.